The lowest BCUT2D eigenvalue weighted by Crippen LogP contribution is -2.30. The second-order valence-corrected chi connectivity index (χ2v) is 8.42. The van der Waals surface area contributed by atoms with Crippen LogP contribution in [0.4, 0.5) is 16.0 Å². The molecule has 0 aliphatic heterocycles. The molecule has 1 heterocycles. The van der Waals surface area contributed by atoms with Crippen LogP contribution in [-0.2, 0) is 10.0 Å². The minimum Gasteiger partial charge on any atom is -0.393 e. The van der Waals surface area contributed by atoms with Crippen LogP contribution in [0.5, 0.6) is 0 Å². The number of anilines is 2. The Morgan fingerprint density at radius 1 is 1.23 bits per heavy atom. The molecule has 0 saturated heterocycles. The Kier molecular flexibility index (Phi) is 5.22. The van der Waals surface area contributed by atoms with E-state index in [0.29, 0.717) is 12.8 Å². The Hall–Kier alpha value is -2.10. The standard InChI is InChI=1S/C17H21FN4O3S/c1-10(2)22-26(24,25)14-3-4-16(15(18)7-14)21-17-19-8-12(9-20-17)11-5-13(23)6-11/h3-4,7-11,13,22-23H,5-6H2,1-2H3,(H,19,20,21). The topological polar surface area (TPSA) is 104 Å². The van der Waals surface area contributed by atoms with Crippen molar-refractivity contribution in [2.24, 2.45) is 0 Å². The molecule has 3 rings (SSSR count). The van der Waals surface area contributed by atoms with Crippen molar-refractivity contribution in [1.82, 2.24) is 14.7 Å². The Morgan fingerprint density at radius 2 is 1.88 bits per heavy atom. The minimum atomic E-state index is -3.76. The van der Waals surface area contributed by atoms with Gasteiger partial charge < -0.3 is 10.4 Å². The highest BCUT2D eigenvalue weighted by Gasteiger charge is 2.29. The Labute approximate surface area is 151 Å². The van der Waals surface area contributed by atoms with Crippen LogP contribution in [0, 0.1) is 5.82 Å². The number of benzene rings is 1. The summed E-state index contributed by atoms with van der Waals surface area (Å²) in [6.45, 7) is 3.38. The smallest absolute Gasteiger partial charge is 0.240 e. The summed E-state index contributed by atoms with van der Waals surface area (Å²) < 4.78 is 40.8. The third kappa shape index (κ3) is 4.17. The first kappa shape index (κ1) is 18.7. The van der Waals surface area contributed by atoms with Crippen LogP contribution in [0.25, 0.3) is 0 Å². The van der Waals surface area contributed by atoms with Crippen molar-refractivity contribution >= 4 is 21.7 Å². The Balaban J connectivity index is 1.72. The van der Waals surface area contributed by atoms with Crippen LogP contribution in [0.2, 0.25) is 0 Å². The van der Waals surface area contributed by atoms with E-state index < -0.39 is 15.8 Å². The maximum Gasteiger partial charge on any atom is 0.240 e. The Bertz CT molecular complexity index is 881. The fourth-order valence-corrected chi connectivity index (χ4v) is 4.00. The summed E-state index contributed by atoms with van der Waals surface area (Å²) in [4.78, 5) is 8.16. The van der Waals surface area contributed by atoms with E-state index in [-0.39, 0.29) is 34.6 Å². The van der Waals surface area contributed by atoms with Crippen molar-refractivity contribution in [3.8, 4) is 0 Å². The van der Waals surface area contributed by atoms with Crippen molar-refractivity contribution < 1.29 is 17.9 Å². The summed E-state index contributed by atoms with van der Waals surface area (Å²) in [5.41, 5.74) is 1.02. The molecule has 3 N–H and O–H groups in total. The van der Waals surface area contributed by atoms with E-state index >= 15 is 0 Å². The molecule has 1 aliphatic carbocycles. The number of aliphatic hydroxyl groups excluding tert-OH is 1. The van der Waals surface area contributed by atoms with E-state index in [9.17, 15) is 17.9 Å². The zero-order chi connectivity index (χ0) is 18.9. The van der Waals surface area contributed by atoms with E-state index in [4.69, 9.17) is 0 Å². The Morgan fingerprint density at radius 3 is 2.42 bits per heavy atom. The molecule has 0 bridgehead atoms. The monoisotopic (exact) mass is 380 g/mol. The van der Waals surface area contributed by atoms with Gasteiger partial charge in [-0.15, -0.1) is 0 Å². The zero-order valence-corrected chi connectivity index (χ0v) is 15.3. The van der Waals surface area contributed by atoms with Crippen LogP contribution in [0.3, 0.4) is 0 Å². The number of aliphatic hydroxyl groups is 1. The first-order valence-corrected chi connectivity index (χ1v) is 9.82. The molecule has 1 aromatic heterocycles. The van der Waals surface area contributed by atoms with Crippen LogP contribution in [0.1, 0.15) is 38.2 Å². The molecule has 1 fully saturated rings. The molecular weight excluding hydrogens is 359 g/mol. The third-order valence-electron chi connectivity index (χ3n) is 4.14. The minimum absolute atomic E-state index is 0.0836. The van der Waals surface area contributed by atoms with Gasteiger partial charge in [0.2, 0.25) is 16.0 Å². The summed E-state index contributed by atoms with van der Waals surface area (Å²) in [5.74, 6) is -0.247. The summed E-state index contributed by atoms with van der Waals surface area (Å²) in [6.07, 6.45) is 4.44. The van der Waals surface area contributed by atoms with Gasteiger partial charge in [0.25, 0.3) is 0 Å². The molecule has 1 aromatic carbocycles. The fraction of sp³-hybridized carbons (Fsp3) is 0.412. The molecule has 1 aliphatic rings. The largest absolute Gasteiger partial charge is 0.393 e. The second-order valence-electron chi connectivity index (χ2n) is 6.70. The van der Waals surface area contributed by atoms with Gasteiger partial charge in [0.05, 0.1) is 16.7 Å². The average Bonchev–Trinajstić information content (AvgIpc) is 2.53. The van der Waals surface area contributed by atoms with Gasteiger partial charge in [-0.25, -0.2) is 27.5 Å². The van der Waals surface area contributed by atoms with Gasteiger partial charge in [-0.3, -0.25) is 0 Å². The van der Waals surface area contributed by atoms with E-state index in [1.165, 1.54) is 12.1 Å². The van der Waals surface area contributed by atoms with Crippen molar-refractivity contribution in [2.45, 2.75) is 49.6 Å². The van der Waals surface area contributed by atoms with Gasteiger partial charge in [-0.1, -0.05) is 0 Å². The number of aromatic nitrogens is 2. The van der Waals surface area contributed by atoms with Crippen molar-refractivity contribution in [1.29, 1.82) is 0 Å². The number of rotatable bonds is 6. The third-order valence-corrected chi connectivity index (χ3v) is 5.80. The molecule has 7 nitrogen and oxygen atoms in total. The van der Waals surface area contributed by atoms with Gasteiger partial charge >= 0.3 is 0 Å². The molecule has 2 aromatic rings. The lowest BCUT2D eigenvalue weighted by atomic mass is 9.79. The second kappa shape index (κ2) is 7.26. The van der Waals surface area contributed by atoms with Crippen molar-refractivity contribution in [3.63, 3.8) is 0 Å². The predicted molar refractivity (Wildman–Crippen MR) is 95.2 cm³/mol. The quantitative estimate of drug-likeness (QED) is 0.710. The normalized spacial score (nSPS) is 20.0. The highest BCUT2D eigenvalue weighted by molar-refractivity contribution is 7.89. The molecule has 0 amide bonds. The molecule has 0 spiro atoms. The molecule has 9 heteroatoms. The zero-order valence-electron chi connectivity index (χ0n) is 14.5. The number of halogens is 1. The summed E-state index contributed by atoms with van der Waals surface area (Å²) in [7, 11) is -3.76. The molecule has 0 atom stereocenters. The van der Waals surface area contributed by atoms with E-state index in [1.807, 2.05) is 0 Å². The van der Waals surface area contributed by atoms with Gasteiger partial charge in [-0.05, 0) is 56.4 Å². The molecule has 0 radical (unpaired) electrons. The number of nitrogens with zero attached hydrogens (tertiary/aromatic N) is 2. The van der Waals surface area contributed by atoms with Crippen LogP contribution in [-0.4, -0.2) is 35.6 Å². The highest BCUT2D eigenvalue weighted by atomic mass is 32.2. The van der Waals surface area contributed by atoms with Crippen LogP contribution in [0.15, 0.2) is 35.5 Å². The van der Waals surface area contributed by atoms with Gasteiger partial charge in [-0.2, -0.15) is 0 Å². The predicted octanol–water partition coefficient (Wildman–Crippen LogP) is 2.28. The number of sulfonamides is 1. The van der Waals surface area contributed by atoms with Crippen LogP contribution < -0.4 is 10.0 Å². The summed E-state index contributed by atoms with van der Waals surface area (Å²) >= 11 is 0. The van der Waals surface area contributed by atoms with Gasteiger partial charge in [0, 0.05) is 18.4 Å². The number of nitrogens with one attached hydrogen (secondary N) is 2. The average molecular weight is 380 g/mol. The number of hydrogen-bond acceptors (Lipinski definition) is 6. The highest BCUT2D eigenvalue weighted by Crippen LogP contribution is 2.36. The van der Waals surface area contributed by atoms with Crippen molar-refractivity contribution in [2.75, 3.05) is 5.32 Å². The van der Waals surface area contributed by atoms with Crippen molar-refractivity contribution in [3.05, 3.63) is 42.0 Å². The lowest BCUT2D eigenvalue weighted by molar-refractivity contribution is 0.0744. The lowest BCUT2D eigenvalue weighted by Gasteiger charge is -2.31. The van der Waals surface area contributed by atoms with E-state index in [0.717, 1.165) is 11.6 Å². The molecule has 140 valence electrons. The van der Waals surface area contributed by atoms with E-state index in [1.54, 1.807) is 26.2 Å². The van der Waals surface area contributed by atoms with Crippen LogP contribution >= 0.6 is 0 Å². The first-order valence-electron chi connectivity index (χ1n) is 8.33. The summed E-state index contributed by atoms with van der Waals surface area (Å²) in [6, 6.07) is 3.32. The van der Waals surface area contributed by atoms with Gasteiger partial charge in [0.1, 0.15) is 5.82 Å². The van der Waals surface area contributed by atoms with E-state index in [2.05, 4.69) is 20.0 Å². The molecule has 0 unspecified atom stereocenters. The maximum absolute atomic E-state index is 14.3. The fourth-order valence-electron chi connectivity index (χ4n) is 2.74. The SMILES string of the molecule is CC(C)NS(=O)(=O)c1ccc(Nc2ncc(C3CC(O)C3)cn2)c(F)c1. The summed E-state index contributed by atoms with van der Waals surface area (Å²) in [5, 5.41) is 12.1. The molecule has 1 saturated carbocycles. The number of hydrogen-bond donors (Lipinski definition) is 3. The first-order chi connectivity index (χ1) is 12.2. The molecule has 26 heavy (non-hydrogen) atoms. The maximum atomic E-state index is 14.3. The molecular formula is C17H21FN4O3S. The van der Waals surface area contributed by atoms with Gasteiger partial charge in [0.15, 0.2) is 0 Å².